The fourth-order valence-electron chi connectivity index (χ4n) is 1.85. The molecule has 0 spiro atoms. The van der Waals surface area contributed by atoms with Crippen molar-refractivity contribution in [3.8, 4) is 0 Å². The molecule has 0 aromatic heterocycles. The first-order valence-corrected chi connectivity index (χ1v) is 6.74. The van der Waals surface area contributed by atoms with Crippen molar-refractivity contribution in [1.29, 1.82) is 0 Å². The summed E-state index contributed by atoms with van der Waals surface area (Å²) in [5.41, 5.74) is 5.45. The minimum atomic E-state index is -5.28. The highest BCUT2D eigenvalue weighted by atomic mass is 19.4. The van der Waals surface area contributed by atoms with Gasteiger partial charge in [0.25, 0.3) is 0 Å². The van der Waals surface area contributed by atoms with Crippen LogP contribution in [0.25, 0.3) is 0 Å². The van der Waals surface area contributed by atoms with Crippen LogP contribution in [0, 0.1) is 11.8 Å². The number of esters is 2. The molecule has 0 aromatic rings. The van der Waals surface area contributed by atoms with Gasteiger partial charge in [0, 0.05) is 6.04 Å². The van der Waals surface area contributed by atoms with Gasteiger partial charge in [0.2, 0.25) is 5.91 Å². The second-order valence-electron chi connectivity index (χ2n) is 5.59. The van der Waals surface area contributed by atoms with Crippen molar-refractivity contribution in [3.63, 3.8) is 0 Å². The topological polar surface area (TPSA) is 98.5 Å². The number of halogens is 3. The number of nitrogens with two attached hydrogens (primary N) is 1. The molecule has 0 unspecified atom stereocenters. The zero-order chi connectivity index (χ0) is 17.7. The standard InChI is InChI=1S/C13H21F3N2O4/c1-6(2)10(7(3)4)18-11(20)8(17)5-9(19)22-12(21)13(14,15)16/h6-8,10H,5,17H2,1-4H3,(H,18,20)/t8-/m0/s1. The maximum absolute atomic E-state index is 11.9. The van der Waals surface area contributed by atoms with Crippen LogP contribution < -0.4 is 11.1 Å². The molecule has 22 heavy (non-hydrogen) atoms. The summed E-state index contributed by atoms with van der Waals surface area (Å²) in [7, 11) is 0. The quantitative estimate of drug-likeness (QED) is 0.563. The van der Waals surface area contributed by atoms with Gasteiger partial charge in [-0.25, -0.2) is 4.79 Å². The van der Waals surface area contributed by atoms with Crippen molar-refractivity contribution in [2.75, 3.05) is 0 Å². The molecule has 9 heteroatoms. The number of nitrogens with one attached hydrogen (secondary N) is 1. The lowest BCUT2D eigenvalue weighted by Gasteiger charge is -2.27. The van der Waals surface area contributed by atoms with Crippen LogP contribution in [-0.2, 0) is 19.1 Å². The average molecular weight is 326 g/mol. The van der Waals surface area contributed by atoms with E-state index in [2.05, 4.69) is 10.1 Å². The summed E-state index contributed by atoms with van der Waals surface area (Å²) in [4.78, 5) is 33.5. The summed E-state index contributed by atoms with van der Waals surface area (Å²) in [6.45, 7) is 7.53. The number of carbonyl (C=O) groups is 3. The number of hydrogen-bond acceptors (Lipinski definition) is 5. The average Bonchev–Trinajstić information content (AvgIpc) is 2.32. The minimum Gasteiger partial charge on any atom is -0.386 e. The Morgan fingerprint density at radius 1 is 1.09 bits per heavy atom. The van der Waals surface area contributed by atoms with E-state index in [0.717, 1.165) is 0 Å². The molecular formula is C13H21F3N2O4. The van der Waals surface area contributed by atoms with Gasteiger partial charge < -0.3 is 15.8 Å². The summed E-state index contributed by atoms with van der Waals surface area (Å²) in [5, 5.41) is 2.63. The van der Waals surface area contributed by atoms with Gasteiger partial charge in [-0.2, -0.15) is 13.2 Å². The maximum atomic E-state index is 11.9. The van der Waals surface area contributed by atoms with Crippen molar-refractivity contribution in [2.45, 2.75) is 52.4 Å². The number of ether oxygens (including phenoxy) is 1. The van der Waals surface area contributed by atoms with E-state index in [1.165, 1.54) is 0 Å². The highest BCUT2D eigenvalue weighted by molar-refractivity contribution is 5.92. The highest BCUT2D eigenvalue weighted by Crippen LogP contribution is 2.17. The zero-order valence-electron chi connectivity index (χ0n) is 12.9. The maximum Gasteiger partial charge on any atom is 0.491 e. The molecule has 0 rings (SSSR count). The third-order valence-corrected chi connectivity index (χ3v) is 2.91. The molecule has 3 N–H and O–H groups in total. The van der Waals surface area contributed by atoms with Crippen LogP contribution in [0.2, 0.25) is 0 Å². The normalized spacial score (nSPS) is 13.4. The molecule has 6 nitrogen and oxygen atoms in total. The van der Waals surface area contributed by atoms with Crippen LogP contribution in [0.4, 0.5) is 13.2 Å². The molecule has 0 bridgehead atoms. The van der Waals surface area contributed by atoms with E-state index in [9.17, 15) is 27.6 Å². The molecule has 1 atom stereocenters. The van der Waals surface area contributed by atoms with Crippen LogP contribution in [0.15, 0.2) is 0 Å². The van der Waals surface area contributed by atoms with E-state index >= 15 is 0 Å². The Bertz CT molecular complexity index is 414. The Morgan fingerprint density at radius 3 is 1.91 bits per heavy atom. The van der Waals surface area contributed by atoms with Gasteiger partial charge in [-0.1, -0.05) is 27.7 Å². The first-order valence-electron chi connectivity index (χ1n) is 6.74. The van der Waals surface area contributed by atoms with Gasteiger partial charge in [-0.05, 0) is 11.8 Å². The number of rotatable bonds is 6. The van der Waals surface area contributed by atoms with Gasteiger partial charge in [0.05, 0.1) is 12.5 Å². The predicted molar refractivity (Wildman–Crippen MR) is 71.4 cm³/mol. The molecule has 0 saturated carbocycles. The molecule has 0 radical (unpaired) electrons. The van der Waals surface area contributed by atoms with E-state index < -0.39 is 36.5 Å². The van der Waals surface area contributed by atoms with Gasteiger partial charge in [0.1, 0.15) is 0 Å². The smallest absolute Gasteiger partial charge is 0.386 e. The summed E-state index contributed by atoms with van der Waals surface area (Å²) in [6, 6.07) is -1.60. The van der Waals surface area contributed by atoms with Gasteiger partial charge >= 0.3 is 18.1 Å². The van der Waals surface area contributed by atoms with E-state index in [1.807, 2.05) is 27.7 Å². The lowest BCUT2D eigenvalue weighted by Crippen LogP contribution is -2.50. The number of carbonyl (C=O) groups excluding carboxylic acids is 3. The van der Waals surface area contributed by atoms with Gasteiger partial charge in [-0.3, -0.25) is 9.59 Å². The van der Waals surface area contributed by atoms with E-state index in [0.29, 0.717) is 0 Å². The van der Waals surface area contributed by atoms with E-state index in [4.69, 9.17) is 5.73 Å². The molecule has 0 aliphatic carbocycles. The Hall–Kier alpha value is -1.64. The Morgan fingerprint density at radius 2 is 1.55 bits per heavy atom. The molecular weight excluding hydrogens is 305 g/mol. The molecule has 0 fully saturated rings. The number of hydrogen-bond donors (Lipinski definition) is 2. The fraction of sp³-hybridized carbons (Fsp3) is 0.769. The van der Waals surface area contributed by atoms with Crippen molar-refractivity contribution in [2.24, 2.45) is 17.6 Å². The monoisotopic (exact) mass is 326 g/mol. The largest absolute Gasteiger partial charge is 0.491 e. The highest BCUT2D eigenvalue weighted by Gasteiger charge is 2.42. The fourth-order valence-corrected chi connectivity index (χ4v) is 1.85. The Labute approximate surface area is 126 Å². The molecule has 0 saturated heterocycles. The zero-order valence-corrected chi connectivity index (χ0v) is 12.9. The van der Waals surface area contributed by atoms with Crippen molar-refractivity contribution in [3.05, 3.63) is 0 Å². The molecule has 0 aliphatic heterocycles. The molecule has 128 valence electrons. The summed E-state index contributed by atoms with van der Waals surface area (Å²) in [6.07, 6.45) is -6.10. The molecule has 0 heterocycles. The summed E-state index contributed by atoms with van der Waals surface area (Å²) < 4.78 is 39.3. The van der Waals surface area contributed by atoms with Gasteiger partial charge in [0.15, 0.2) is 0 Å². The first-order chi connectivity index (χ1) is 9.86. The Balaban J connectivity index is 4.53. The lowest BCUT2D eigenvalue weighted by atomic mass is 9.93. The van der Waals surface area contributed by atoms with Crippen LogP contribution in [0.3, 0.4) is 0 Å². The number of alkyl halides is 3. The van der Waals surface area contributed by atoms with Crippen LogP contribution in [-0.4, -0.2) is 36.1 Å². The predicted octanol–water partition coefficient (Wildman–Crippen LogP) is 1.13. The third-order valence-electron chi connectivity index (χ3n) is 2.91. The van der Waals surface area contributed by atoms with Crippen LogP contribution in [0.1, 0.15) is 34.1 Å². The lowest BCUT2D eigenvalue weighted by molar-refractivity contribution is -0.202. The van der Waals surface area contributed by atoms with Crippen LogP contribution in [0.5, 0.6) is 0 Å². The SMILES string of the molecule is CC(C)C(NC(=O)[C@@H](N)CC(=O)OC(=O)C(F)(F)F)C(C)C. The van der Waals surface area contributed by atoms with Crippen molar-refractivity contribution in [1.82, 2.24) is 5.32 Å². The van der Waals surface area contributed by atoms with Crippen molar-refractivity contribution >= 4 is 17.8 Å². The minimum absolute atomic E-state index is 0.106. The van der Waals surface area contributed by atoms with E-state index in [-0.39, 0.29) is 17.9 Å². The number of amides is 1. The second kappa shape index (κ2) is 8.11. The third kappa shape index (κ3) is 6.88. The summed E-state index contributed by atoms with van der Waals surface area (Å²) in [5.74, 6) is -4.61. The molecule has 1 amide bonds. The van der Waals surface area contributed by atoms with E-state index in [1.54, 1.807) is 0 Å². The first kappa shape index (κ1) is 20.4. The van der Waals surface area contributed by atoms with Gasteiger partial charge in [-0.15, -0.1) is 0 Å². The Kier molecular flexibility index (Phi) is 7.51. The summed E-state index contributed by atoms with van der Waals surface area (Å²) >= 11 is 0. The molecule has 0 aliphatic rings. The second-order valence-corrected chi connectivity index (χ2v) is 5.59. The molecule has 0 aromatic carbocycles. The van der Waals surface area contributed by atoms with Crippen LogP contribution >= 0.6 is 0 Å². The van der Waals surface area contributed by atoms with Crippen molar-refractivity contribution < 1.29 is 32.3 Å².